The van der Waals surface area contributed by atoms with Crippen molar-refractivity contribution in [3.05, 3.63) is 84.2 Å². The third-order valence-corrected chi connectivity index (χ3v) is 3.54. The summed E-state index contributed by atoms with van der Waals surface area (Å²) in [6.07, 6.45) is -4.74. The smallest absolute Gasteiger partial charge is 0.206 e. The monoisotopic (exact) mass is 315 g/mol. The number of hydrogen-bond donors (Lipinski definition) is 0. The van der Waals surface area contributed by atoms with Crippen LogP contribution in [0.25, 0.3) is 22.3 Å². The van der Waals surface area contributed by atoms with Gasteiger partial charge in [-0.25, -0.2) is 4.39 Å². The van der Waals surface area contributed by atoms with Gasteiger partial charge in [-0.15, -0.1) is 0 Å². The summed E-state index contributed by atoms with van der Waals surface area (Å²) in [7, 11) is 0. The van der Waals surface area contributed by atoms with E-state index in [9.17, 15) is 17.6 Å². The van der Waals surface area contributed by atoms with Gasteiger partial charge in [0.1, 0.15) is 5.82 Å². The minimum absolute atomic E-state index is 0.162. The molecule has 0 bridgehead atoms. The molecule has 0 amide bonds. The van der Waals surface area contributed by atoms with Crippen LogP contribution in [0.3, 0.4) is 0 Å². The fourth-order valence-corrected chi connectivity index (χ4v) is 2.47. The third kappa shape index (κ3) is 3.11. The first-order valence-electron chi connectivity index (χ1n) is 6.89. The van der Waals surface area contributed by atoms with E-state index >= 15 is 0 Å². The Morgan fingerprint density at radius 2 is 1.26 bits per heavy atom. The highest BCUT2D eigenvalue weighted by molar-refractivity contribution is 5.72. The Morgan fingerprint density at radius 1 is 0.696 bits per heavy atom. The van der Waals surface area contributed by atoms with E-state index in [1.54, 1.807) is 36.4 Å². The van der Waals surface area contributed by atoms with Gasteiger partial charge in [0, 0.05) is 0 Å². The summed E-state index contributed by atoms with van der Waals surface area (Å²) in [4.78, 5) is 0. The molecule has 0 N–H and O–H groups in total. The number of alkyl halides is 3. The fraction of sp³-hybridized carbons (Fsp3) is 0.0526. The van der Waals surface area contributed by atoms with Gasteiger partial charge in [0.2, 0.25) is 0 Å². The van der Waals surface area contributed by atoms with Crippen LogP contribution >= 0.6 is 0 Å². The fourth-order valence-electron chi connectivity index (χ4n) is 2.47. The summed E-state index contributed by atoms with van der Waals surface area (Å²) < 4.78 is 52.9. The Kier molecular flexibility index (Phi) is 3.90. The van der Waals surface area contributed by atoms with Gasteiger partial charge in [0.15, 0.2) is 0 Å². The van der Waals surface area contributed by atoms with Crippen LogP contribution < -0.4 is 0 Å². The number of rotatable bonds is 2. The molecule has 1 radical (unpaired) electrons. The molecule has 0 nitrogen and oxygen atoms in total. The van der Waals surface area contributed by atoms with Crippen molar-refractivity contribution >= 4 is 0 Å². The average Bonchev–Trinajstić information content (AvgIpc) is 2.54. The normalized spacial score (nSPS) is 11.5. The molecule has 0 aliphatic carbocycles. The molecule has 0 fully saturated rings. The lowest BCUT2D eigenvalue weighted by molar-refractivity contribution is -0.139. The summed E-state index contributed by atoms with van der Waals surface area (Å²) in [6, 6.07) is 20.1. The molecule has 0 unspecified atom stereocenters. The molecule has 4 heteroatoms. The zero-order valence-corrected chi connectivity index (χ0v) is 11.9. The quantitative estimate of drug-likeness (QED) is 0.510. The molecule has 0 atom stereocenters. The molecule has 115 valence electrons. The zero-order chi connectivity index (χ0) is 16.4. The second-order valence-electron chi connectivity index (χ2n) is 5.03. The molecule has 3 aromatic carbocycles. The van der Waals surface area contributed by atoms with Crippen LogP contribution in [0.1, 0.15) is 5.56 Å². The Hall–Kier alpha value is -2.62. The predicted octanol–water partition coefficient (Wildman–Crippen LogP) is 5.98. The van der Waals surface area contributed by atoms with E-state index in [-0.39, 0.29) is 5.56 Å². The van der Waals surface area contributed by atoms with Crippen molar-refractivity contribution in [2.75, 3.05) is 0 Å². The summed E-state index contributed by atoms with van der Waals surface area (Å²) in [6.45, 7) is 0. The minimum Gasteiger partial charge on any atom is -0.206 e. The Morgan fingerprint density at radius 3 is 1.87 bits per heavy atom. The maximum atomic E-state index is 13.7. The van der Waals surface area contributed by atoms with Crippen LogP contribution in [0.4, 0.5) is 17.6 Å². The number of benzene rings is 3. The van der Waals surface area contributed by atoms with Crippen molar-refractivity contribution in [3.63, 3.8) is 0 Å². The van der Waals surface area contributed by atoms with E-state index in [1.165, 1.54) is 12.1 Å². The zero-order valence-electron chi connectivity index (χ0n) is 11.9. The van der Waals surface area contributed by atoms with Crippen molar-refractivity contribution in [2.45, 2.75) is 6.18 Å². The molecular weight excluding hydrogens is 304 g/mol. The van der Waals surface area contributed by atoms with Gasteiger partial charge in [-0.05, 0) is 34.4 Å². The summed E-state index contributed by atoms with van der Waals surface area (Å²) in [5.74, 6) is -1.27. The third-order valence-electron chi connectivity index (χ3n) is 3.54. The first-order chi connectivity index (χ1) is 11.0. The molecule has 3 aromatic rings. The van der Waals surface area contributed by atoms with Crippen LogP contribution in [0, 0.1) is 11.9 Å². The highest BCUT2D eigenvalue weighted by Crippen LogP contribution is 2.39. The van der Waals surface area contributed by atoms with Crippen LogP contribution in [0.15, 0.2) is 66.7 Å². The molecule has 0 spiro atoms. The summed E-state index contributed by atoms with van der Waals surface area (Å²) >= 11 is 0. The lowest BCUT2D eigenvalue weighted by Crippen LogP contribution is -2.10. The molecule has 3 rings (SSSR count). The van der Waals surface area contributed by atoms with Crippen LogP contribution in [0.5, 0.6) is 0 Å². The SMILES string of the molecule is Fc1cccc(-c2ccc(-c3cc[c]cc3)cc2)c1C(F)(F)F. The molecule has 0 heterocycles. The van der Waals surface area contributed by atoms with Crippen LogP contribution in [0.2, 0.25) is 0 Å². The van der Waals surface area contributed by atoms with Gasteiger partial charge >= 0.3 is 6.18 Å². The highest BCUT2D eigenvalue weighted by Gasteiger charge is 2.36. The summed E-state index contributed by atoms with van der Waals surface area (Å²) in [5.41, 5.74) is 0.730. The molecule has 0 aliphatic heterocycles. The molecule has 23 heavy (non-hydrogen) atoms. The van der Waals surface area contributed by atoms with Crippen LogP contribution in [-0.2, 0) is 6.18 Å². The van der Waals surface area contributed by atoms with Crippen LogP contribution in [-0.4, -0.2) is 0 Å². The summed E-state index contributed by atoms with van der Waals surface area (Å²) in [5, 5.41) is 0. The Labute approximate surface area is 131 Å². The second kappa shape index (κ2) is 5.88. The lowest BCUT2D eigenvalue weighted by atomic mass is 9.96. The first-order valence-corrected chi connectivity index (χ1v) is 6.89. The van der Waals surface area contributed by atoms with Gasteiger partial charge in [0.05, 0.1) is 5.56 Å². The van der Waals surface area contributed by atoms with Gasteiger partial charge in [0.25, 0.3) is 0 Å². The standard InChI is InChI=1S/C19H11F4/c20-17-8-4-7-16(18(17)19(21,22)23)15-11-9-14(10-12-15)13-5-2-1-3-6-13/h2-12H. The number of hydrogen-bond acceptors (Lipinski definition) is 0. The van der Waals surface area contributed by atoms with Crippen molar-refractivity contribution in [2.24, 2.45) is 0 Å². The van der Waals surface area contributed by atoms with Gasteiger partial charge in [-0.1, -0.05) is 60.7 Å². The highest BCUT2D eigenvalue weighted by atomic mass is 19.4. The predicted molar refractivity (Wildman–Crippen MR) is 81.1 cm³/mol. The second-order valence-corrected chi connectivity index (χ2v) is 5.03. The molecular formula is C19H11F4. The van der Waals surface area contributed by atoms with E-state index in [4.69, 9.17) is 0 Å². The van der Waals surface area contributed by atoms with Gasteiger partial charge < -0.3 is 0 Å². The lowest BCUT2D eigenvalue weighted by Gasteiger charge is -2.14. The maximum Gasteiger partial charge on any atom is 0.419 e. The van der Waals surface area contributed by atoms with Gasteiger partial charge in [-0.3, -0.25) is 0 Å². The largest absolute Gasteiger partial charge is 0.419 e. The van der Waals surface area contributed by atoms with E-state index in [0.717, 1.165) is 17.2 Å². The van der Waals surface area contributed by atoms with Crippen molar-refractivity contribution < 1.29 is 17.6 Å². The topological polar surface area (TPSA) is 0 Å². The van der Waals surface area contributed by atoms with Gasteiger partial charge in [-0.2, -0.15) is 13.2 Å². The first kappa shape index (κ1) is 15.3. The Bertz CT molecular complexity index is 803. The van der Waals surface area contributed by atoms with E-state index in [0.29, 0.717) is 5.56 Å². The molecule has 0 saturated heterocycles. The minimum atomic E-state index is -4.74. The van der Waals surface area contributed by atoms with Crippen molar-refractivity contribution in [3.8, 4) is 22.3 Å². The number of halogens is 4. The van der Waals surface area contributed by atoms with E-state index in [2.05, 4.69) is 6.07 Å². The van der Waals surface area contributed by atoms with Crippen molar-refractivity contribution in [1.29, 1.82) is 0 Å². The van der Waals surface area contributed by atoms with E-state index in [1.807, 2.05) is 12.1 Å². The average molecular weight is 315 g/mol. The maximum absolute atomic E-state index is 13.7. The molecule has 0 saturated carbocycles. The Balaban J connectivity index is 2.06. The van der Waals surface area contributed by atoms with E-state index < -0.39 is 17.6 Å². The molecule has 0 aromatic heterocycles. The van der Waals surface area contributed by atoms with Crippen molar-refractivity contribution in [1.82, 2.24) is 0 Å². The molecule has 0 aliphatic rings.